The van der Waals surface area contributed by atoms with Crippen molar-refractivity contribution in [3.8, 4) is 0 Å². The van der Waals surface area contributed by atoms with Gasteiger partial charge in [-0.25, -0.2) is 4.98 Å². The molecule has 0 spiro atoms. The predicted octanol–water partition coefficient (Wildman–Crippen LogP) is 1.13. The molecule has 3 N–H and O–H groups in total. The summed E-state index contributed by atoms with van der Waals surface area (Å²) in [5.74, 6) is 0.306. The summed E-state index contributed by atoms with van der Waals surface area (Å²) in [4.78, 5) is 18.2. The zero-order valence-corrected chi connectivity index (χ0v) is 12.5. The van der Waals surface area contributed by atoms with Crippen LogP contribution in [0.3, 0.4) is 0 Å². The Morgan fingerprint density at radius 3 is 2.76 bits per heavy atom. The maximum absolute atomic E-state index is 12.2. The minimum atomic E-state index is -3.75. The molecular formula is C13H16N4O3S. The lowest BCUT2D eigenvalue weighted by atomic mass is 10.2. The number of nitrogens with one attached hydrogen (secondary N) is 3. The zero-order valence-electron chi connectivity index (χ0n) is 11.7. The fourth-order valence-electron chi connectivity index (χ4n) is 1.74. The summed E-state index contributed by atoms with van der Waals surface area (Å²) in [7, 11) is -2.24. The maximum atomic E-state index is 12.2. The first-order valence-corrected chi connectivity index (χ1v) is 7.83. The number of hydrogen-bond donors (Lipinski definition) is 3. The summed E-state index contributed by atoms with van der Waals surface area (Å²) in [5, 5.41) is 2.47. The van der Waals surface area contributed by atoms with Crippen molar-refractivity contribution < 1.29 is 13.2 Å². The number of carbonyl (C=O) groups excluding carboxylic acids is 1. The summed E-state index contributed by atoms with van der Waals surface area (Å²) >= 11 is 0. The molecule has 1 amide bonds. The predicted molar refractivity (Wildman–Crippen MR) is 78.6 cm³/mol. The molecule has 0 atom stereocenters. The number of carbonyl (C=O) groups is 1. The van der Waals surface area contributed by atoms with Crippen LogP contribution < -0.4 is 10.0 Å². The van der Waals surface area contributed by atoms with Crippen LogP contribution >= 0.6 is 0 Å². The first-order valence-electron chi connectivity index (χ1n) is 6.35. The van der Waals surface area contributed by atoms with Crippen LogP contribution in [0, 0.1) is 0 Å². The molecule has 21 heavy (non-hydrogen) atoms. The van der Waals surface area contributed by atoms with E-state index in [0.29, 0.717) is 23.5 Å². The number of amides is 1. The van der Waals surface area contributed by atoms with Crippen molar-refractivity contribution in [2.24, 2.45) is 0 Å². The van der Waals surface area contributed by atoms with Gasteiger partial charge in [-0.1, -0.05) is 13.0 Å². The molecule has 1 aromatic carbocycles. The van der Waals surface area contributed by atoms with Gasteiger partial charge < -0.3 is 10.3 Å². The molecule has 0 aliphatic carbocycles. The monoisotopic (exact) mass is 308 g/mol. The van der Waals surface area contributed by atoms with Crippen molar-refractivity contribution in [3.05, 3.63) is 41.9 Å². The number of rotatable bonds is 5. The Morgan fingerprint density at radius 2 is 2.14 bits per heavy atom. The van der Waals surface area contributed by atoms with Crippen molar-refractivity contribution in [2.75, 3.05) is 11.8 Å². The lowest BCUT2D eigenvalue weighted by molar-refractivity contribution is 0.0963. The molecule has 0 radical (unpaired) electrons. The number of aromatic nitrogens is 2. The average Bonchev–Trinajstić information content (AvgIpc) is 2.96. The van der Waals surface area contributed by atoms with Gasteiger partial charge in [0.15, 0.2) is 5.03 Å². The highest BCUT2D eigenvalue weighted by Crippen LogP contribution is 2.16. The second kappa shape index (κ2) is 5.96. The third-order valence-corrected chi connectivity index (χ3v) is 4.12. The average molecular weight is 308 g/mol. The van der Waals surface area contributed by atoms with Gasteiger partial charge in [0.2, 0.25) is 0 Å². The Labute approximate surface area is 122 Å². The number of hydrogen-bond acceptors (Lipinski definition) is 4. The van der Waals surface area contributed by atoms with Gasteiger partial charge in [-0.3, -0.25) is 9.52 Å². The van der Waals surface area contributed by atoms with E-state index in [9.17, 15) is 13.2 Å². The number of imidazole rings is 1. The van der Waals surface area contributed by atoms with E-state index in [1.807, 2.05) is 6.92 Å². The molecule has 0 aliphatic rings. The van der Waals surface area contributed by atoms with Crippen LogP contribution in [0.1, 0.15) is 23.1 Å². The molecule has 0 saturated heterocycles. The van der Waals surface area contributed by atoms with Gasteiger partial charge in [0.25, 0.3) is 15.9 Å². The summed E-state index contributed by atoms with van der Waals surface area (Å²) < 4.78 is 26.8. The van der Waals surface area contributed by atoms with E-state index in [-0.39, 0.29) is 10.9 Å². The van der Waals surface area contributed by atoms with Crippen LogP contribution in [-0.4, -0.2) is 31.3 Å². The van der Waals surface area contributed by atoms with Crippen LogP contribution in [0.4, 0.5) is 5.69 Å². The fraction of sp³-hybridized carbons (Fsp3) is 0.231. The van der Waals surface area contributed by atoms with Crippen LogP contribution in [0.25, 0.3) is 0 Å². The quantitative estimate of drug-likeness (QED) is 0.770. The number of nitrogens with zero attached hydrogens (tertiary/aromatic N) is 1. The first kappa shape index (κ1) is 15.0. The van der Waals surface area contributed by atoms with E-state index in [1.54, 1.807) is 18.2 Å². The Balaban J connectivity index is 2.26. The standard InChI is InChI=1S/C13H16N4O3S/c1-3-11-15-8-12(16-11)21(19,20)17-10-6-4-5-9(7-10)13(18)14-2/h4-8,17H,3H2,1-2H3,(H,14,18)(H,15,16). The SMILES string of the molecule is CCc1ncc(S(=O)(=O)Nc2cccc(C(=O)NC)c2)[nH]1. The third kappa shape index (κ3) is 3.40. The Hall–Kier alpha value is -2.35. The van der Waals surface area contributed by atoms with Gasteiger partial charge in [0, 0.05) is 24.7 Å². The minimum absolute atomic E-state index is 0.00954. The lowest BCUT2D eigenvalue weighted by Gasteiger charge is -2.07. The molecule has 1 aromatic heterocycles. The van der Waals surface area contributed by atoms with E-state index in [1.165, 1.54) is 19.3 Å². The topological polar surface area (TPSA) is 104 Å². The van der Waals surface area contributed by atoms with Crippen LogP contribution in [-0.2, 0) is 16.4 Å². The fourth-order valence-corrected chi connectivity index (χ4v) is 2.73. The lowest BCUT2D eigenvalue weighted by Crippen LogP contribution is -2.18. The van der Waals surface area contributed by atoms with Crippen LogP contribution in [0.5, 0.6) is 0 Å². The molecule has 8 heteroatoms. The highest BCUT2D eigenvalue weighted by molar-refractivity contribution is 7.92. The number of H-pyrrole nitrogens is 1. The van der Waals surface area contributed by atoms with E-state index in [0.717, 1.165) is 0 Å². The molecule has 0 bridgehead atoms. The molecule has 1 heterocycles. The highest BCUT2D eigenvalue weighted by Gasteiger charge is 2.17. The van der Waals surface area contributed by atoms with Crippen LogP contribution in [0.2, 0.25) is 0 Å². The molecule has 0 fully saturated rings. The van der Waals surface area contributed by atoms with E-state index >= 15 is 0 Å². The van der Waals surface area contributed by atoms with Gasteiger partial charge in [0.05, 0.1) is 6.20 Å². The Kier molecular flexibility index (Phi) is 4.27. The molecule has 7 nitrogen and oxygen atoms in total. The molecule has 0 saturated carbocycles. The molecule has 0 unspecified atom stereocenters. The van der Waals surface area contributed by atoms with E-state index in [2.05, 4.69) is 20.0 Å². The maximum Gasteiger partial charge on any atom is 0.278 e. The first-order chi connectivity index (χ1) is 9.96. The third-order valence-electron chi connectivity index (χ3n) is 2.83. The van der Waals surface area contributed by atoms with Crippen molar-refractivity contribution in [3.63, 3.8) is 0 Å². The number of aromatic amines is 1. The molecular weight excluding hydrogens is 292 g/mol. The Bertz CT molecular complexity index is 752. The number of sulfonamides is 1. The van der Waals surface area contributed by atoms with Gasteiger partial charge in [-0.15, -0.1) is 0 Å². The van der Waals surface area contributed by atoms with Gasteiger partial charge in [-0.2, -0.15) is 8.42 Å². The highest BCUT2D eigenvalue weighted by atomic mass is 32.2. The van der Waals surface area contributed by atoms with Crippen molar-refractivity contribution >= 4 is 21.6 Å². The Morgan fingerprint density at radius 1 is 1.38 bits per heavy atom. The number of benzene rings is 1. The van der Waals surface area contributed by atoms with Gasteiger partial charge >= 0.3 is 0 Å². The summed E-state index contributed by atoms with van der Waals surface area (Å²) in [5.41, 5.74) is 0.681. The largest absolute Gasteiger partial charge is 0.355 e. The van der Waals surface area contributed by atoms with E-state index < -0.39 is 10.0 Å². The number of anilines is 1. The minimum Gasteiger partial charge on any atom is -0.355 e. The smallest absolute Gasteiger partial charge is 0.278 e. The van der Waals surface area contributed by atoms with Gasteiger partial charge in [0.1, 0.15) is 5.82 Å². The van der Waals surface area contributed by atoms with Crippen molar-refractivity contribution in [2.45, 2.75) is 18.4 Å². The number of aryl methyl sites for hydroxylation is 1. The molecule has 2 rings (SSSR count). The molecule has 112 valence electrons. The molecule has 0 aliphatic heterocycles. The van der Waals surface area contributed by atoms with Crippen molar-refractivity contribution in [1.29, 1.82) is 0 Å². The van der Waals surface area contributed by atoms with E-state index in [4.69, 9.17) is 0 Å². The van der Waals surface area contributed by atoms with Crippen LogP contribution in [0.15, 0.2) is 35.5 Å². The molecule has 2 aromatic rings. The summed E-state index contributed by atoms with van der Waals surface area (Å²) in [6, 6.07) is 6.24. The summed E-state index contributed by atoms with van der Waals surface area (Å²) in [6.45, 7) is 1.87. The zero-order chi connectivity index (χ0) is 15.5. The normalized spacial score (nSPS) is 11.1. The van der Waals surface area contributed by atoms with Gasteiger partial charge in [-0.05, 0) is 18.2 Å². The second-order valence-corrected chi connectivity index (χ2v) is 5.96. The second-order valence-electron chi connectivity index (χ2n) is 4.31. The van der Waals surface area contributed by atoms with Crippen molar-refractivity contribution in [1.82, 2.24) is 15.3 Å². The summed E-state index contributed by atoms with van der Waals surface area (Å²) in [6.07, 6.45) is 1.88.